The number of nitrogens with zero attached hydrogens (tertiary/aromatic N) is 2. The van der Waals surface area contributed by atoms with Gasteiger partial charge in [-0.15, -0.1) is 0 Å². The monoisotopic (exact) mass is 446 g/mol. The number of benzene rings is 2. The van der Waals surface area contributed by atoms with Crippen molar-refractivity contribution in [2.45, 2.75) is 11.4 Å². The molecular weight excluding hydrogens is 432 g/mol. The number of carbonyl (C=O) groups excluding carboxylic acids is 1. The number of amides is 1. The summed E-state index contributed by atoms with van der Waals surface area (Å²) in [6.07, 6.45) is 1.40. The molecule has 0 spiro atoms. The highest BCUT2D eigenvalue weighted by Gasteiger charge is 2.21. The molecule has 13 heteroatoms. The van der Waals surface area contributed by atoms with Crippen LogP contribution in [0.25, 0.3) is 0 Å². The molecule has 0 aliphatic heterocycles. The lowest BCUT2D eigenvalue weighted by Crippen LogP contribution is -2.23. The molecule has 0 bridgehead atoms. The van der Waals surface area contributed by atoms with E-state index in [2.05, 4.69) is 10.0 Å². The van der Waals surface area contributed by atoms with Crippen molar-refractivity contribution in [2.24, 2.45) is 0 Å². The lowest BCUT2D eigenvalue weighted by molar-refractivity contribution is -0.394. The number of hydrogen-bond acceptors (Lipinski definition) is 8. The molecule has 0 aliphatic carbocycles. The van der Waals surface area contributed by atoms with Gasteiger partial charge in [0.05, 0.1) is 39.2 Å². The zero-order chi connectivity index (χ0) is 22.6. The fraction of sp³-hybridized carbons (Fsp3) is 0.0556. The van der Waals surface area contributed by atoms with Gasteiger partial charge < -0.3 is 9.73 Å². The second-order valence-electron chi connectivity index (χ2n) is 6.14. The van der Waals surface area contributed by atoms with Crippen molar-refractivity contribution in [1.82, 2.24) is 4.72 Å². The van der Waals surface area contributed by atoms with E-state index in [1.807, 2.05) is 0 Å². The van der Waals surface area contributed by atoms with Crippen LogP contribution in [0, 0.1) is 20.2 Å². The quantitative estimate of drug-likeness (QED) is 0.392. The SMILES string of the molecule is O=C(Nc1cccc(S(=O)(=O)NCc2ccco2)c1)c1cc([N+](=O)[O-])cc([N+](=O)[O-])c1. The van der Waals surface area contributed by atoms with Gasteiger partial charge in [0.15, 0.2) is 0 Å². The van der Waals surface area contributed by atoms with Gasteiger partial charge in [-0.1, -0.05) is 6.07 Å². The van der Waals surface area contributed by atoms with Crippen LogP contribution in [0.1, 0.15) is 16.1 Å². The summed E-state index contributed by atoms with van der Waals surface area (Å²) < 4.78 is 32.3. The maximum absolute atomic E-state index is 12.5. The normalized spacial score (nSPS) is 11.1. The van der Waals surface area contributed by atoms with Crippen molar-refractivity contribution in [3.8, 4) is 0 Å². The fourth-order valence-electron chi connectivity index (χ4n) is 2.54. The molecule has 0 atom stereocenters. The fourth-order valence-corrected chi connectivity index (χ4v) is 3.58. The van der Waals surface area contributed by atoms with E-state index in [0.29, 0.717) is 5.76 Å². The molecule has 0 fully saturated rings. The number of hydrogen-bond donors (Lipinski definition) is 2. The number of carbonyl (C=O) groups is 1. The Balaban J connectivity index is 1.81. The van der Waals surface area contributed by atoms with Crippen molar-refractivity contribution >= 4 is 33.0 Å². The van der Waals surface area contributed by atoms with Gasteiger partial charge in [0, 0.05) is 17.8 Å². The molecule has 0 saturated heterocycles. The van der Waals surface area contributed by atoms with Crippen LogP contribution in [0.15, 0.2) is 70.2 Å². The molecule has 2 N–H and O–H groups in total. The third kappa shape index (κ3) is 5.29. The second kappa shape index (κ2) is 8.73. The first-order valence-electron chi connectivity index (χ1n) is 8.53. The molecule has 160 valence electrons. The summed E-state index contributed by atoms with van der Waals surface area (Å²) in [7, 11) is -3.94. The number of non-ortho nitro benzene ring substituents is 2. The Hall–Kier alpha value is -4.10. The Kier molecular flexibility index (Phi) is 6.08. The summed E-state index contributed by atoms with van der Waals surface area (Å²) >= 11 is 0. The predicted molar refractivity (Wildman–Crippen MR) is 107 cm³/mol. The van der Waals surface area contributed by atoms with Gasteiger partial charge in [-0.25, -0.2) is 13.1 Å². The van der Waals surface area contributed by atoms with E-state index in [4.69, 9.17) is 4.42 Å². The van der Waals surface area contributed by atoms with Crippen LogP contribution in [-0.2, 0) is 16.6 Å². The standard InChI is InChI=1S/C18H14N4O8S/c23-18(12-7-14(21(24)25)10-15(8-12)22(26)27)20-13-3-1-5-17(9-13)31(28,29)19-11-16-4-2-6-30-16/h1-10,19H,11H2,(H,20,23). The van der Waals surface area contributed by atoms with Crippen molar-refractivity contribution in [2.75, 3.05) is 5.32 Å². The topological polar surface area (TPSA) is 175 Å². The van der Waals surface area contributed by atoms with Crippen LogP contribution < -0.4 is 10.0 Å². The largest absolute Gasteiger partial charge is 0.468 e. The summed E-state index contributed by atoms with van der Waals surface area (Å²) in [5.74, 6) is -0.481. The van der Waals surface area contributed by atoms with Gasteiger partial charge in [0.2, 0.25) is 10.0 Å². The highest BCUT2D eigenvalue weighted by atomic mass is 32.2. The molecule has 0 saturated carbocycles. The summed E-state index contributed by atoms with van der Waals surface area (Å²) in [5.41, 5.74) is -1.51. The van der Waals surface area contributed by atoms with Crippen LogP contribution >= 0.6 is 0 Å². The molecule has 0 unspecified atom stereocenters. The summed E-state index contributed by atoms with van der Waals surface area (Å²) in [6, 6.07) is 11.0. The molecule has 1 aromatic heterocycles. The number of nitro benzene ring substituents is 2. The van der Waals surface area contributed by atoms with Gasteiger partial charge in [-0.05, 0) is 30.3 Å². The molecular formula is C18H14N4O8S. The maximum Gasteiger partial charge on any atom is 0.277 e. The van der Waals surface area contributed by atoms with Crippen molar-refractivity contribution in [3.05, 3.63) is 92.4 Å². The molecule has 31 heavy (non-hydrogen) atoms. The molecule has 0 radical (unpaired) electrons. The Morgan fingerprint density at radius 3 is 2.23 bits per heavy atom. The molecule has 1 heterocycles. The van der Waals surface area contributed by atoms with Crippen molar-refractivity contribution < 1.29 is 27.5 Å². The minimum Gasteiger partial charge on any atom is -0.468 e. The third-order valence-corrected chi connectivity index (χ3v) is 5.40. The van der Waals surface area contributed by atoms with E-state index in [1.165, 1.54) is 30.5 Å². The highest BCUT2D eigenvalue weighted by molar-refractivity contribution is 7.89. The molecule has 1 amide bonds. The molecule has 12 nitrogen and oxygen atoms in total. The second-order valence-corrected chi connectivity index (χ2v) is 7.91. The molecule has 3 aromatic rings. The molecule has 2 aromatic carbocycles. The van der Waals surface area contributed by atoms with Crippen LogP contribution in [-0.4, -0.2) is 24.2 Å². The number of sulfonamides is 1. The third-order valence-electron chi connectivity index (χ3n) is 4.01. The van der Waals surface area contributed by atoms with Crippen LogP contribution in [0.2, 0.25) is 0 Å². The lowest BCUT2D eigenvalue weighted by atomic mass is 10.1. The van der Waals surface area contributed by atoms with E-state index in [1.54, 1.807) is 12.1 Å². The average molecular weight is 446 g/mol. The number of nitrogens with one attached hydrogen (secondary N) is 2. The van der Waals surface area contributed by atoms with E-state index < -0.39 is 37.2 Å². The Bertz CT molecular complexity index is 1220. The Morgan fingerprint density at radius 2 is 1.65 bits per heavy atom. The van der Waals surface area contributed by atoms with Gasteiger partial charge in [0.1, 0.15) is 5.76 Å². The van der Waals surface area contributed by atoms with E-state index in [-0.39, 0.29) is 22.7 Å². The van der Waals surface area contributed by atoms with Gasteiger partial charge >= 0.3 is 0 Å². The zero-order valence-electron chi connectivity index (χ0n) is 15.5. The Morgan fingerprint density at radius 1 is 0.968 bits per heavy atom. The molecule has 0 aliphatic rings. The van der Waals surface area contributed by atoms with Crippen LogP contribution in [0.5, 0.6) is 0 Å². The average Bonchev–Trinajstić information content (AvgIpc) is 3.26. The van der Waals surface area contributed by atoms with E-state index in [0.717, 1.165) is 18.2 Å². The number of nitro groups is 2. The summed E-state index contributed by atoms with van der Waals surface area (Å²) in [5, 5.41) is 24.3. The smallest absolute Gasteiger partial charge is 0.277 e. The number of anilines is 1. The minimum absolute atomic E-state index is 0.0695. The van der Waals surface area contributed by atoms with E-state index in [9.17, 15) is 33.4 Å². The summed E-state index contributed by atoms with van der Waals surface area (Å²) in [6.45, 7) is -0.0801. The molecule has 3 rings (SSSR count). The lowest BCUT2D eigenvalue weighted by Gasteiger charge is -2.09. The maximum atomic E-state index is 12.5. The predicted octanol–water partition coefficient (Wildman–Crippen LogP) is 2.83. The number of furan rings is 1. The van der Waals surface area contributed by atoms with E-state index >= 15 is 0 Å². The first kappa shape index (κ1) is 21.6. The minimum atomic E-state index is -3.94. The summed E-state index contributed by atoms with van der Waals surface area (Å²) in [4.78, 5) is 32.6. The van der Waals surface area contributed by atoms with Crippen molar-refractivity contribution in [3.63, 3.8) is 0 Å². The van der Waals surface area contributed by atoms with Crippen LogP contribution in [0.3, 0.4) is 0 Å². The van der Waals surface area contributed by atoms with Gasteiger partial charge in [0.25, 0.3) is 17.3 Å². The Labute approximate surface area is 174 Å². The van der Waals surface area contributed by atoms with Crippen molar-refractivity contribution in [1.29, 1.82) is 0 Å². The first-order chi connectivity index (χ1) is 14.7. The first-order valence-corrected chi connectivity index (χ1v) is 10.0. The van der Waals surface area contributed by atoms with Gasteiger partial charge in [-0.2, -0.15) is 0 Å². The van der Waals surface area contributed by atoms with Crippen LogP contribution in [0.4, 0.5) is 17.1 Å². The highest BCUT2D eigenvalue weighted by Crippen LogP contribution is 2.24. The van der Waals surface area contributed by atoms with Gasteiger partial charge in [-0.3, -0.25) is 25.0 Å². The zero-order valence-corrected chi connectivity index (χ0v) is 16.4. The number of rotatable bonds is 8.